The van der Waals surface area contributed by atoms with Gasteiger partial charge in [0.2, 0.25) is 10.0 Å². The molecular weight excluding hydrogens is 360 g/mol. The molecule has 1 aromatic rings. The Hall–Kier alpha value is -2.29. The number of hydrogen-bond acceptors (Lipinski definition) is 6. The molecule has 0 unspecified atom stereocenters. The minimum absolute atomic E-state index is 0.229. The summed E-state index contributed by atoms with van der Waals surface area (Å²) in [5, 5.41) is 2.62. The van der Waals surface area contributed by atoms with Crippen molar-refractivity contribution in [3.05, 3.63) is 29.3 Å². The summed E-state index contributed by atoms with van der Waals surface area (Å²) in [5.41, 5.74) is 0.644. The second kappa shape index (κ2) is 8.39. The van der Waals surface area contributed by atoms with Gasteiger partial charge in [0.1, 0.15) is 5.60 Å². The van der Waals surface area contributed by atoms with E-state index in [1.807, 2.05) is 0 Å². The molecule has 1 amide bonds. The van der Waals surface area contributed by atoms with Crippen LogP contribution in [0, 0.1) is 0 Å². The smallest absolute Gasteiger partial charge is 0.407 e. The number of carbonyl (C=O) groups excluding carboxylic acids is 2. The molecule has 0 saturated heterocycles. The van der Waals surface area contributed by atoms with Gasteiger partial charge in [-0.15, -0.1) is 0 Å². The van der Waals surface area contributed by atoms with Crippen LogP contribution in [0.1, 0.15) is 36.7 Å². The van der Waals surface area contributed by atoms with Crippen molar-refractivity contribution in [1.29, 1.82) is 0 Å². The van der Waals surface area contributed by atoms with Gasteiger partial charge in [0.15, 0.2) is 0 Å². The Morgan fingerprint density at radius 3 is 2.31 bits per heavy atom. The summed E-state index contributed by atoms with van der Waals surface area (Å²) in [7, 11) is -0.838. The lowest BCUT2D eigenvalue weighted by Crippen LogP contribution is -2.33. The lowest BCUT2D eigenvalue weighted by Gasteiger charge is -2.20. The highest BCUT2D eigenvalue weighted by Crippen LogP contribution is 2.21. The average Bonchev–Trinajstić information content (AvgIpc) is 2.50. The maximum Gasteiger partial charge on any atom is 0.407 e. The Morgan fingerprint density at radius 1 is 1.19 bits per heavy atom. The predicted molar refractivity (Wildman–Crippen MR) is 99.0 cm³/mol. The lowest BCUT2D eigenvalue weighted by molar-refractivity contribution is 0.0526. The van der Waals surface area contributed by atoms with E-state index in [1.165, 1.54) is 20.2 Å². The zero-order valence-electron chi connectivity index (χ0n) is 16.0. The van der Waals surface area contributed by atoms with Crippen molar-refractivity contribution >= 4 is 27.8 Å². The first-order valence-corrected chi connectivity index (χ1v) is 9.81. The highest BCUT2D eigenvalue weighted by Gasteiger charge is 2.18. The van der Waals surface area contributed by atoms with Gasteiger partial charge >= 0.3 is 12.1 Å². The number of nitrogens with one attached hydrogen (secondary N) is 1. The number of methoxy groups -OCH3 is 1. The topological polar surface area (TPSA) is 102 Å². The van der Waals surface area contributed by atoms with Crippen LogP contribution < -0.4 is 9.62 Å². The number of anilines is 1. The fraction of sp³-hybridized carbons (Fsp3) is 0.529. The van der Waals surface area contributed by atoms with Crippen molar-refractivity contribution in [3.63, 3.8) is 0 Å². The summed E-state index contributed by atoms with van der Waals surface area (Å²) < 4.78 is 34.5. The van der Waals surface area contributed by atoms with Crippen LogP contribution in [-0.2, 0) is 25.9 Å². The van der Waals surface area contributed by atoms with Crippen molar-refractivity contribution in [2.75, 3.05) is 31.3 Å². The maximum absolute atomic E-state index is 11.8. The minimum Gasteiger partial charge on any atom is -0.465 e. The Morgan fingerprint density at radius 2 is 1.81 bits per heavy atom. The van der Waals surface area contributed by atoms with E-state index >= 15 is 0 Å². The number of benzene rings is 1. The lowest BCUT2D eigenvalue weighted by atomic mass is 10.1. The van der Waals surface area contributed by atoms with Crippen LogP contribution in [0.2, 0.25) is 0 Å². The zero-order valence-corrected chi connectivity index (χ0v) is 16.8. The standard InChI is InChI=1S/C17H26N2O6S/c1-17(2,3)25-16(21)18-8-7-12-9-13(15(20)24-5)11-14(10-12)19(4)26(6,22)23/h9-11H,7-8H2,1-6H3,(H,18,21). The number of hydrogen-bond donors (Lipinski definition) is 1. The van der Waals surface area contributed by atoms with Crippen molar-refractivity contribution in [2.45, 2.75) is 32.8 Å². The summed E-state index contributed by atoms with van der Waals surface area (Å²) in [6.07, 6.45) is 0.908. The fourth-order valence-electron chi connectivity index (χ4n) is 2.05. The molecule has 9 heteroatoms. The maximum atomic E-state index is 11.8. The molecule has 0 aromatic heterocycles. The van der Waals surface area contributed by atoms with Crippen LogP contribution >= 0.6 is 0 Å². The number of ether oxygens (including phenoxy) is 2. The summed E-state index contributed by atoms with van der Waals surface area (Å²) >= 11 is 0. The van der Waals surface area contributed by atoms with Gasteiger partial charge in [0.25, 0.3) is 0 Å². The molecule has 0 bridgehead atoms. The third kappa shape index (κ3) is 6.91. The second-order valence-electron chi connectivity index (χ2n) is 6.79. The number of amides is 1. The summed E-state index contributed by atoms with van der Waals surface area (Å²) in [4.78, 5) is 23.5. The average molecular weight is 386 g/mol. The largest absolute Gasteiger partial charge is 0.465 e. The SMILES string of the molecule is COC(=O)c1cc(CCNC(=O)OC(C)(C)C)cc(N(C)S(C)(=O)=O)c1. The third-order valence-electron chi connectivity index (χ3n) is 3.34. The molecule has 0 fully saturated rings. The summed E-state index contributed by atoms with van der Waals surface area (Å²) in [6, 6.07) is 4.68. The van der Waals surface area contributed by atoms with E-state index in [4.69, 9.17) is 9.47 Å². The number of alkyl carbamates (subject to hydrolysis) is 1. The van der Waals surface area contributed by atoms with E-state index in [-0.39, 0.29) is 12.1 Å². The molecular formula is C17H26N2O6S. The molecule has 0 aliphatic carbocycles. The van der Waals surface area contributed by atoms with Crippen LogP contribution in [0.3, 0.4) is 0 Å². The molecule has 0 spiro atoms. The molecule has 0 radical (unpaired) electrons. The zero-order chi connectivity index (χ0) is 20.1. The molecule has 0 saturated carbocycles. The van der Waals surface area contributed by atoms with Gasteiger partial charge in [-0.05, 0) is 51.0 Å². The Kier molecular flexibility index (Phi) is 7.02. The minimum atomic E-state index is -3.48. The molecule has 0 atom stereocenters. The molecule has 0 aliphatic rings. The molecule has 0 aliphatic heterocycles. The van der Waals surface area contributed by atoms with Crippen LogP contribution in [0.5, 0.6) is 0 Å². The molecule has 1 aromatic carbocycles. The van der Waals surface area contributed by atoms with E-state index in [9.17, 15) is 18.0 Å². The molecule has 26 heavy (non-hydrogen) atoms. The van der Waals surface area contributed by atoms with Crippen LogP contribution in [0.4, 0.5) is 10.5 Å². The second-order valence-corrected chi connectivity index (χ2v) is 8.80. The van der Waals surface area contributed by atoms with Gasteiger partial charge in [-0.25, -0.2) is 18.0 Å². The number of carbonyl (C=O) groups is 2. The predicted octanol–water partition coefficient (Wildman–Crippen LogP) is 1.94. The van der Waals surface area contributed by atoms with Gasteiger partial charge < -0.3 is 14.8 Å². The van der Waals surface area contributed by atoms with Crippen LogP contribution in [0.15, 0.2) is 18.2 Å². The first kappa shape index (κ1) is 21.8. The Balaban J connectivity index is 2.96. The molecule has 1 N–H and O–H groups in total. The molecule has 1 rings (SSSR count). The molecule has 8 nitrogen and oxygen atoms in total. The van der Waals surface area contributed by atoms with Gasteiger partial charge in [0.05, 0.1) is 24.6 Å². The van der Waals surface area contributed by atoms with Crippen molar-refractivity contribution in [1.82, 2.24) is 5.32 Å². The van der Waals surface area contributed by atoms with Gasteiger partial charge in [-0.2, -0.15) is 0 Å². The first-order chi connectivity index (χ1) is 11.8. The van der Waals surface area contributed by atoms with Gasteiger partial charge in [0, 0.05) is 13.6 Å². The fourth-order valence-corrected chi connectivity index (χ4v) is 2.54. The highest BCUT2D eigenvalue weighted by atomic mass is 32.2. The molecule has 146 valence electrons. The molecule has 0 heterocycles. The van der Waals surface area contributed by atoms with E-state index in [0.29, 0.717) is 17.7 Å². The monoisotopic (exact) mass is 386 g/mol. The van der Waals surface area contributed by atoms with E-state index in [1.54, 1.807) is 32.9 Å². The van der Waals surface area contributed by atoms with Crippen molar-refractivity contribution in [2.24, 2.45) is 0 Å². The summed E-state index contributed by atoms with van der Waals surface area (Å²) in [5.74, 6) is -0.574. The summed E-state index contributed by atoms with van der Waals surface area (Å²) in [6.45, 7) is 5.56. The quantitative estimate of drug-likeness (QED) is 0.750. The first-order valence-electron chi connectivity index (χ1n) is 7.96. The van der Waals surface area contributed by atoms with E-state index < -0.39 is 27.7 Å². The van der Waals surface area contributed by atoms with Crippen molar-refractivity contribution in [3.8, 4) is 0 Å². The number of esters is 1. The third-order valence-corrected chi connectivity index (χ3v) is 4.55. The van der Waals surface area contributed by atoms with Gasteiger partial charge in [-0.1, -0.05) is 0 Å². The Labute approximate surface area is 154 Å². The Bertz CT molecular complexity index is 768. The van der Waals surface area contributed by atoms with Gasteiger partial charge in [-0.3, -0.25) is 4.31 Å². The highest BCUT2D eigenvalue weighted by molar-refractivity contribution is 7.92. The number of sulfonamides is 1. The number of rotatable bonds is 6. The van der Waals surface area contributed by atoms with E-state index in [2.05, 4.69) is 5.32 Å². The van der Waals surface area contributed by atoms with Crippen molar-refractivity contribution < 1.29 is 27.5 Å². The van der Waals surface area contributed by atoms with Crippen LogP contribution in [-0.4, -0.2) is 53.0 Å². The van der Waals surface area contributed by atoms with Crippen LogP contribution in [0.25, 0.3) is 0 Å². The normalized spacial score (nSPS) is 11.6. The van der Waals surface area contributed by atoms with E-state index in [0.717, 1.165) is 10.6 Å². The number of nitrogens with zero attached hydrogens (tertiary/aromatic N) is 1.